The maximum absolute atomic E-state index is 13.3. The number of anilines is 1. The van der Waals surface area contributed by atoms with E-state index in [0.717, 1.165) is 32.1 Å². The Kier molecular flexibility index (Phi) is 8.33. The van der Waals surface area contributed by atoms with Crippen LogP contribution in [0.15, 0.2) is 43.1 Å². The van der Waals surface area contributed by atoms with E-state index >= 15 is 0 Å². The number of aromatic nitrogens is 3. The molecule has 0 unspecified atom stereocenters. The monoisotopic (exact) mass is 553 g/mol. The highest BCUT2D eigenvalue weighted by Gasteiger charge is 2.29. The summed E-state index contributed by atoms with van der Waals surface area (Å²) >= 11 is 7.01. The molecule has 1 aromatic carbocycles. The molecule has 5 rings (SSSR count). The molecule has 2 aliphatic heterocycles. The van der Waals surface area contributed by atoms with Crippen molar-refractivity contribution in [1.29, 1.82) is 0 Å². The summed E-state index contributed by atoms with van der Waals surface area (Å²) in [6, 6.07) is 6.65. The van der Waals surface area contributed by atoms with Crippen molar-refractivity contribution >= 4 is 40.4 Å². The molecular weight excluding hydrogens is 522 g/mol. The molecule has 1 atom stereocenters. The second-order valence-corrected chi connectivity index (χ2v) is 10.0. The second kappa shape index (κ2) is 12.0. The lowest BCUT2D eigenvalue weighted by atomic mass is 10.1. The zero-order valence-corrected chi connectivity index (χ0v) is 22.7. The van der Waals surface area contributed by atoms with Crippen LogP contribution in [-0.2, 0) is 9.53 Å². The predicted octanol–water partition coefficient (Wildman–Crippen LogP) is 4.64. The third kappa shape index (κ3) is 5.86. The highest BCUT2D eigenvalue weighted by atomic mass is 35.5. The van der Waals surface area contributed by atoms with E-state index in [1.54, 1.807) is 17.0 Å². The zero-order valence-electron chi connectivity index (χ0n) is 21.9. The Hall–Kier alpha value is -3.63. The molecule has 2 aromatic heterocycles. The third-order valence-electron chi connectivity index (χ3n) is 7.15. The lowest BCUT2D eigenvalue weighted by Gasteiger charge is -2.27. The van der Waals surface area contributed by atoms with Crippen LogP contribution < -0.4 is 14.8 Å². The molecule has 0 spiro atoms. The number of nitrogens with one attached hydrogen (secondary N) is 1. The third-order valence-corrected chi connectivity index (χ3v) is 7.51. The number of benzene rings is 1. The molecule has 2 saturated heterocycles. The SMILES string of the molecule is C=CC(=O)N1CCCC[C@@H](n2c(NC(=O)c3ccnc(OC)c3)nc3ccc(OC4CCOCC4)c(Cl)c32)C1. The van der Waals surface area contributed by atoms with Gasteiger partial charge in [0.05, 0.1) is 37.4 Å². The molecule has 0 aliphatic carbocycles. The summed E-state index contributed by atoms with van der Waals surface area (Å²) in [4.78, 5) is 36.5. The number of fused-ring (bicyclic) bond motifs is 1. The number of amides is 2. The molecular formula is C28H32ClN5O5. The Balaban J connectivity index is 1.57. The number of rotatable bonds is 7. The Morgan fingerprint density at radius 1 is 1.21 bits per heavy atom. The summed E-state index contributed by atoms with van der Waals surface area (Å²) in [6.07, 6.45) is 6.96. The van der Waals surface area contributed by atoms with Gasteiger partial charge in [0, 0.05) is 43.8 Å². The van der Waals surface area contributed by atoms with Crippen LogP contribution in [0, 0.1) is 0 Å². The number of halogens is 1. The lowest BCUT2D eigenvalue weighted by Crippen LogP contribution is -2.34. The topological polar surface area (TPSA) is 108 Å². The van der Waals surface area contributed by atoms with Gasteiger partial charge in [-0.2, -0.15) is 0 Å². The van der Waals surface area contributed by atoms with E-state index in [-0.39, 0.29) is 24.0 Å². The number of hydrogen-bond donors (Lipinski definition) is 1. The smallest absolute Gasteiger partial charge is 0.258 e. The van der Waals surface area contributed by atoms with Gasteiger partial charge in [-0.25, -0.2) is 9.97 Å². The molecule has 10 nitrogen and oxygen atoms in total. The van der Waals surface area contributed by atoms with Crippen molar-refractivity contribution in [2.75, 3.05) is 38.7 Å². The van der Waals surface area contributed by atoms with E-state index < -0.39 is 0 Å². The van der Waals surface area contributed by atoms with Crippen LogP contribution in [0.2, 0.25) is 5.02 Å². The number of carbonyl (C=O) groups excluding carboxylic acids is 2. The first-order chi connectivity index (χ1) is 19.0. The maximum Gasteiger partial charge on any atom is 0.258 e. The number of likely N-dealkylation sites (tertiary alicyclic amines) is 1. The van der Waals surface area contributed by atoms with Crippen LogP contribution in [0.1, 0.15) is 48.5 Å². The molecule has 0 radical (unpaired) electrons. The summed E-state index contributed by atoms with van der Waals surface area (Å²) in [7, 11) is 1.49. The van der Waals surface area contributed by atoms with Gasteiger partial charge in [0.15, 0.2) is 0 Å². The fourth-order valence-electron chi connectivity index (χ4n) is 5.13. The standard InChI is InChI=1S/C28H32ClN5O5/c1-3-24(35)33-13-5-4-6-19(17-33)34-26-21(7-8-22(25(26)29)39-20-10-14-38-15-11-20)31-28(34)32-27(36)18-9-12-30-23(16-18)37-2/h3,7-9,12,16,19-20H,1,4-6,10-11,13-15,17H2,2H3,(H,31,32,36)/t19-/m1/s1. The molecule has 4 heterocycles. The number of imidazole rings is 1. The lowest BCUT2D eigenvalue weighted by molar-refractivity contribution is -0.126. The average Bonchev–Trinajstić information content (AvgIpc) is 3.15. The molecule has 1 N–H and O–H groups in total. The maximum atomic E-state index is 13.3. The second-order valence-electron chi connectivity index (χ2n) is 9.66. The van der Waals surface area contributed by atoms with Crippen LogP contribution in [-0.4, -0.2) is 70.8 Å². The van der Waals surface area contributed by atoms with E-state index in [0.29, 0.717) is 65.5 Å². The Morgan fingerprint density at radius 2 is 2.03 bits per heavy atom. The van der Waals surface area contributed by atoms with Gasteiger partial charge in [0.25, 0.3) is 5.91 Å². The summed E-state index contributed by atoms with van der Waals surface area (Å²) in [6.45, 7) is 6.03. The molecule has 2 amide bonds. The van der Waals surface area contributed by atoms with Gasteiger partial charge in [-0.3, -0.25) is 14.9 Å². The minimum atomic E-state index is -0.366. The first-order valence-corrected chi connectivity index (χ1v) is 13.5. The number of ether oxygens (including phenoxy) is 3. The highest BCUT2D eigenvalue weighted by Crippen LogP contribution is 2.39. The minimum absolute atomic E-state index is 0.00417. The van der Waals surface area contributed by atoms with Gasteiger partial charge in [-0.15, -0.1) is 0 Å². The summed E-state index contributed by atoms with van der Waals surface area (Å²) in [5.74, 6) is 0.733. The Morgan fingerprint density at radius 3 is 2.79 bits per heavy atom. The van der Waals surface area contributed by atoms with Gasteiger partial charge >= 0.3 is 0 Å². The molecule has 11 heteroatoms. The number of hydrogen-bond acceptors (Lipinski definition) is 7. The normalized spacial score (nSPS) is 18.4. The predicted molar refractivity (Wildman–Crippen MR) is 148 cm³/mol. The van der Waals surface area contributed by atoms with E-state index in [9.17, 15) is 9.59 Å². The number of pyridine rings is 1. The number of carbonyl (C=O) groups is 2. The fourth-order valence-corrected chi connectivity index (χ4v) is 5.43. The molecule has 39 heavy (non-hydrogen) atoms. The van der Waals surface area contributed by atoms with E-state index in [1.165, 1.54) is 19.4 Å². The molecule has 206 valence electrons. The van der Waals surface area contributed by atoms with Crippen molar-refractivity contribution in [2.24, 2.45) is 0 Å². The van der Waals surface area contributed by atoms with Crippen LogP contribution >= 0.6 is 11.6 Å². The first kappa shape index (κ1) is 27.0. The zero-order chi connectivity index (χ0) is 27.4. The Labute approximate surface area is 231 Å². The van der Waals surface area contributed by atoms with Gasteiger partial charge in [-0.05, 0) is 43.5 Å². The largest absolute Gasteiger partial charge is 0.489 e. The summed E-state index contributed by atoms with van der Waals surface area (Å²) < 4.78 is 18.9. The average molecular weight is 554 g/mol. The molecule has 2 fully saturated rings. The van der Waals surface area contributed by atoms with Crippen molar-refractivity contribution < 1.29 is 23.8 Å². The van der Waals surface area contributed by atoms with Gasteiger partial charge in [-0.1, -0.05) is 18.2 Å². The Bertz CT molecular complexity index is 1370. The summed E-state index contributed by atoms with van der Waals surface area (Å²) in [5, 5.41) is 3.38. The van der Waals surface area contributed by atoms with Crippen LogP contribution in [0.25, 0.3) is 11.0 Å². The van der Waals surface area contributed by atoms with Crippen molar-refractivity contribution in [1.82, 2.24) is 19.4 Å². The highest BCUT2D eigenvalue weighted by molar-refractivity contribution is 6.36. The van der Waals surface area contributed by atoms with Crippen molar-refractivity contribution in [3.8, 4) is 11.6 Å². The van der Waals surface area contributed by atoms with Gasteiger partial charge in [0.1, 0.15) is 16.9 Å². The van der Waals surface area contributed by atoms with Crippen LogP contribution in [0.4, 0.5) is 5.95 Å². The van der Waals surface area contributed by atoms with Crippen molar-refractivity contribution in [2.45, 2.75) is 44.2 Å². The molecule has 0 saturated carbocycles. The van der Waals surface area contributed by atoms with Crippen molar-refractivity contribution in [3.63, 3.8) is 0 Å². The molecule has 0 bridgehead atoms. The van der Waals surface area contributed by atoms with Crippen LogP contribution in [0.3, 0.4) is 0 Å². The van der Waals surface area contributed by atoms with Gasteiger partial charge < -0.3 is 23.7 Å². The number of nitrogens with zero attached hydrogens (tertiary/aromatic N) is 4. The fraction of sp³-hybridized carbons (Fsp3) is 0.429. The van der Waals surface area contributed by atoms with Crippen LogP contribution in [0.5, 0.6) is 11.6 Å². The van der Waals surface area contributed by atoms with E-state index in [2.05, 4.69) is 16.9 Å². The van der Waals surface area contributed by atoms with Gasteiger partial charge in [0.2, 0.25) is 17.7 Å². The summed E-state index contributed by atoms with van der Waals surface area (Å²) in [5.41, 5.74) is 1.65. The van der Waals surface area contributed by atoms with E-state index in [4.69, 9.17) is 30.8 Å². The number of methoxy groups -OCH3 is 1. The van der Waals surface area contributed by atoms with Crippen molar-refractivity contribution in [3.05, 3.63) is 53.7 Å². The van der Waals surface area contributed by atoms with E-state index in [1.807, 2.05) is 16.7 Å². The minimum Gasteiger partial charge on any atom is -0.489 e. The first-order valence-electron chi connectivity index (χ1n) is 13.2. The molecule has 3 aromatic rings. The molecule has 2 aliphatic rings. The quantitative estimate of drug-likeness (QED) is 0.424.